The van der Waals surface area contributed by atoms with Crippen molar-refractivity contribution in [2.75, 3.05) is 5.75 Å². The van der Waals surface area contributed by atoms with E-state index in [0.717, 1.165) is 29.7 Å². The van der Waals surface area contributed by atoms with Crippen LogP contribution in [0.4, 0.5) is 0 Å². The van der Waals surface area contributed by atoms with Gasteiger partial charge in [-0.3, -0.25) is 9.78 Å². The minimum atomic E-state index is -0.0764. The summed E-state index contributed by atoms with van der Waals surface area (Å²) in [5.41, 5.74) is 4.94. The predicted molar refractivity (Wildman–Crippen MR) is 199 cm³/mol. The molecule has 4 aliphatic heterocycles. The highest BCUT2D eigenvalue weighted by Crippen LogP contribution is 2.31. The lowest BCUT2D eigenvalue weighted by atomic mass is 9.86. The molecule has 2 N–H and O–H groups in total. The molecule has 6 nitrogen and oxygen atoms in total. The fourth-order valence-corrected chi connectivity index (χ4v) is 5.63. The number of nitrogens with zero attached hydrogens (tertiary/aromatic N) is 2. The Morgan fingerprint density at radius 3 is 2.22 bits per heavy atom. The molecule has 1 aromatic rings. The molecule has 4 atom stereocenters. The van der Waals surface area contributed by atoms with Gasteiger partial charge in [-0.15, -0.1) is 11.8 Å². The lowest BCUT2D eigenvalue weighted by Crippen LogP contribution is -2.20. The lowest BCUT2D eigenvalue weighted by Gasteiger charge is -2.27. The van der Waals surface area contributed by atoms with Crippen molar-refractivity contribution in [2.24, 2.45) is 24.8 Å². The first-order chi connectivity index (χ1) is 22.0. The van der Waals surface area contributed by atoms with Crippen LogP contribution in [0.25, 0.3) is 0 Å². The average Bonchev–Trinajstić information content (AvgIpc) is 3.82. The number of ether oxygens (including phenoxy) is 1. The molecule has 0 saturated heterocycles. The van der Waals surface area contributed by atoms with Gasteiger partial charge in [-0.25, -0.2) is 0 Å². The summed E-state index contributed by atoms with van der Waals surface area (Å²) in [6.07, 6.45) is 33.9. The van der Waals surface area contributed by atoms with Crippen LogP contribution in [0.1, 0.15) is 86.0 Å². The second-order valence-corrected chi connectivity index (χ2v) is 13.9. The maximum Gasteiger partial charge on any atom is 0.268 e. The Balaban J connectivity index is 0.000000196. The summed E-state index contributed by atoms with van der Waals surface area (Å²) < 4.78 is 6.44. The molecule has 0 spiro atoms. The number of nitrogens with one attached hydrogen (secondary N) is 2. The van der Waals surface area contributed by atoms with Gasteiger partial charge in [0.2, 0.25) is 0 Å². The average molecular weight is 647 g/mol. The number of aromatic nitrogens is 2. The third kappa shape index (κ3) is 16.7. The maximum absolute atomic E-state index is 10.5. The molecule has 46 heavy (non-hydrogen) atoms. The minimum Gasteiger partial charge on any atom is -0.498 e. The summed E-state index contributed by atoms with van der Waals surface area (Å²) in [7, 11) is 1.68. The molecule has 0 aromatic carbocycles. The molecule has 0 bridgehead atoms. The van der Waals surface area contributed by atoms with Crippen LogP contribution < -0.4 is 16.2 Å². The van der Waals surface area contributed by atoms with Crippen molar-refractivity contribution in [3.05, 3.63) is 125 Å². The highest BCUT2D eigenvalue weighted by molar-refractivity contribution is 8.03. The number of aryl methyl sites for hydroxylation is 1. The Hall–Kier alpha value is -3.45. The van der Waals surface area contributed by atoms with E-state index in [9.17, 15) is 4.79 Å². The highest BCUT2D eigenvalue weighted by atomic mass is 32.2. The largest absolute Gasteiger partial charge is 0.498 e. The summed E-state index contributed by atoms with van der Waals surface area (Å²) in [5.74, 6) is 3.64. The van der Waals surface area contributed by atoms with Crippen molar-refractivity contribution >= 4 is 11.8 Å². The SMILES string of the molecule is C=C1C=CC2=C(CC[C@H](C)C2)N1.C=C1NC=C[C@@H]1C.CC1=CCCS1.C[C@@H]1CC=CCC1.C[C@H]1CC=CO1.Cn1ccncc1=O. The first kappa shape index (κ1) is 38.7. The number of hydrogen-bond acceptors (Lipinski definition) is 6. The van der Waals surface area contributed by atoms with E-state index in [1.54, 1.807) is 25.7 Å². The minimum absolute atomic E-state index is 0.0764. The summed E-state index contributed by atoms with van der Waals surface area (Å²) in [4.78, 5) is 15.6. The molecule has 7 rings (SSSR count). The van der Waals surface area contributed by atoms with Crippen molar-refractivity contribution in [2.45, 2.75) is 92.1 Å². The van der Waals surface area contributed by atoms with Crippen LogP contribution in [0, 0.1) is 17.8 Å². The van der Waals surface area contributed by atoms with Gasteiger partial charge in [0.1, 0.15) is 0 Å². The number of thioether (sulfide) groups is 1. The van der Waals surface area contributed by atoms with E-state index in [1.807, 2.05) is 24.0 Å². The van der Waals surface area contributed by atoms with Gasteiger partial charge < -0.3 is 19.9 Å². The molecule has 6 aliphatic rings. The van der Waals surface area contributed by atoms with E-state index in [0.29, 0.717) is 12.0 Å². The molecule has 2 aliphatic carbocycles. The number of hydrogen-bond donors (Lipinski definition) is 2. The zero-order chi connectivity index (χ0) is 33.7. The van der Waals surface area contributed by atoms with E-state index >= 15 is 0 Å². The number of dihydropyridines is 1. The van der Waals surface area contributed by atoms with Crippen molar-refractivity contribution in [3.8, 4) is 0 Å². The van der Waals surface area contributed by atoms with E-state index < -0.39 is 0 Å². The third-order valence-corrected chi connectivity index (χ3v) is 9.10. The Bertz CT molecular complexity index is 1330. The Labute approximate surface area is 283 Å². The van der Waals surface area contributed by atoms with Crippen LogP contribution in [0.3, 0.4) is 0 Å². The Morgan fingerprint density at radius 1 is 1.02 bits per heavy atom. The normalized spacial score (nSPS) is 24.7. The van der Waals surface area contributed by atoms with Crippen molar-refractivity contribution in [1.29, 1.82) is 0 Å². The zero-order valence-corrected chi connectivity index (χ0v) is 30.0. The standard InChI is InChI=1S/C11H15N.C7H12.C6H9N.C5H6N2O.C5H8O.C5H8S/c1-8-3-6-11-10(7-8)5-4-9(2)12-11;1-7-5-3-2-4-6-7;1-5-3-4-7-6(5)2;1-7-3-2-6-4-5(7)8;2*1-5-3-2-4-6-5/h4-5,8,12H,2-3,6-7H2,1H3;2-3,7H,4-6H2,1H3;3-5,7H,2H2,1H3;2-4H,1H3;2,4-5H,3H2,1H3;3H,2,4H2,1H3/t8-;7-;5-;;5-;/m010.0./s1. The molecule has 0 fully saturated rings. The first-order valence-electron chi connectivity index (χ1n) is 16.7. The van der Waals surface area contributed by atoms with Crippen LogP contribution in [-0.2, 0) is 11.8 Å². The molecule has 0 unspecified atom stereocenters. The quantitative estimate of drug-likeness (QED) is 0.274. The van der Waals surface area contributed by atoms with Crippen LogP contribution >= 0.6 is 11.8 Å². The summed E-state index contributed by atoms with van der Waals surface area (Å²) in [6.45, 7) is 18.6. The summed E-state index contributed by atoms with van der Waals surface area (Å²) >= 11 is 1.96. The fourth-order valence-electron chi connectivity index (χ4n) is 4.84. The van der Waals surface area contributed by atoms with E-state index in [4.69, 9.17) is 4.74 Å². The van der Waals surface area contributed by atoms with Gasteiger partial charge in [0.15, 0.2) is 0 Å². The van der Waals surface area contributed by atoms with Crippen LogP contribution in [0.5, 0.6) is 0 Å². The van der Waals surface area contributed by atoms with E-state index in [-0.39, 0.29) is 5.56 Å². The topological polar surface area (TPSA) is 68.2 Å². The zero-order valence-electron chi connectivity index (χ0n) is 29.1. The highest BCUT2D eigenvalue weighted by Gasteiger charge is 2.18. The molecule has 252 valence electrons. The first-order valence-corrected chi connectivity index (χ1v) is 17.7. The molecule has 0 radical (unpaired) electrons. The Kier molecular flexibility index (Phi) is 18.6. The molecule has 5 heterocycles. The summed E-state index contributed by atoms with van der Waals surface area (Å²) in [6, 6.07) is 0. The molecule has 0 amide bonds. The van der Waals surface area contributed by atoms with Crippen molar-refractivity contribution in [1.82, 2.24) is 20.2 Å². The smallest absolute Gasteiger partial charge is 0.268 e. The van der Waals surface area contributed by atoms with Gasteiger partial charge in [-0.1, -0.05) is 64.3 Å². The second-order valence-electron chi connectivity index (χ2n) is 12.6. The van der Waals surface area contributed by atoms with Gasteiger partial charge in [0, 0.05) is 54.6 Å². The second kappa shape index (κ2) is 22.1. The molecule has 1 aromatic heterocycles. The van der Waals surface area contributed by atoms with Gasteiger partial charge in [0.05, 0.1) is 18.6 Å². The lowest BCUT2D eigenvalue weighted by molar-refractivity contribution is 0.189. The predicted octanol–water partition coefficient (Wildman–Crippen LogP) is 9.47. The van der Waals surface area contributed by atoms with Gasteiger partial charge in [0.25, 0.3) is 5.56 Å². The van der Waals surface area contributed by atoms with E-state index in [1.165, 1.54) is 77.6 Å². The van der Waals surface area contributed by atoms with Crippen LogP contribution in [0.15, 0.2) is 119 Å². The maximum atomic E-state index is 10.5. The van der Waals surface area contributed by atoms with Crippen LogP contribution in [0.2, 0.25) is 0 Å². The van der Waals surface area contributed by atoms with Gasteiger partial charge in [-0.2, -0.15) is 0 Å². The molecular weight excluding hydrogens is 589 g/mol. The van der Waals surface area contributed by atoms with Crippen molar-refractivity contribution < 1.29 is 4.74 Å². The number of rotatable bonds is 0. The van der Waals surface area contributed by atoms with Gasteiger partial charge >= 0.3 is 0 Å². The molecular formula is C39H58N4O2S. The van der Waals surface area contributed by atoms with Crippen molar-refractivity contribution in [3.63, 3.8) is 0 Å². The fraction of sp³-hybridized carbons (Fsp3) is 0.487. The Morgan fingerprint density at radius 2 is 1.83 bits per heavy atom. The molecule has 0 saturated carbocycles. The molecule has 7 heteroatoms. The monoisotopic (exact) mass is 646 g/mol. The summed E-state index contributed by atoms with van der Waals surface area (Å²) in [5, 5.41) is 6.33. The number of allylic oxidation sites excluding steroid dienone is 9. The van der Waals surface area contributed by atoms with Gasteiger partial charge in [-0.05, 0) is 99.5 Å². The van der Waals surface area contributed by atoms with Crippen LogP contribution in [-0.4, -0.2) is 21.4 Å². The third-order valence-electron chi connectivity index (χ3n) is 8.04. The van der Waals surface area contributed by atoms with E-state index in [2.05, 4.69) is 99.9 Å².